The average Bonchev–Trinajstić information content (AvgIpc) is 3.11. The molecule has 20 heavy (non-hydrogen) atoms. The number of nitrogens with one attached hydrogen (secondary N) is 1. The van der Waals surface area contributed by atoms with Crippen molar-refractivity contribution in [3.8, 4) is 11.3 Å². The first-order valence-electron chi connectivity index (χ1n) is 6.29. The molecule has 0 atom stereocenters. The number of benzene rings is 1. The Kier molecular flexibility index (Phi) is 3.83. The van der Waals surface area contributed by atoms with E-state index in [1.54, 1.807) is 17.8 Å². The summed E-state index contributed by atoms with van der Waals surface area (Å²) >= 11 is 1.56. The summed E-state index contributed by atoms with van der Waals surface area (Å²) in [5.74, 6) is 1.48. The number of amides is 1. The number of aromatic nitrogens is 1. The van der Waals surface area contributed by atoms with E-state index in [1.165, 1.54) is 0 Å². The molecule has 2 aromatic rings. The molecule has 0 bridgehead atoms. The first-order chi connectivity index (χ1) is 9.81. The van der Waals surface area contributed by atoms with Crippen LogP contribution in [-0.4, -0.2) is 28.5 Å². The van der Waals surface area contributed by atoms with Crippen LogP contribution in [0, 0.1) is 0 Å². The highest BCUT2D eigenvalue weighted by Gasteiger charge is 2.14. The Labute approximate surface area is 120 Å². The normalized spacial score (nSPS) is 14.1. The Bertz CT molecular complexity index is 637. The zero-order chi connectivity index (χ0) is 13.8. The molecule has 5 nitrogen and oxygen atoms in total. The van der Waals surface area contributed by atoms with Crippen molar-refractivity contribution in [2.75, 3.05) is 12.3 Å². The van der Waals surface area contributed by atoms with Gasteiger partial charge in [-0.15, -0.1) is 0 Å². The molecule has 0 aliphatic carbocycles. The third kappa shape index (κ3) is 3.08. The lowest BCUT2D eigenvalue weighted by atomic mass is 10.1. The van der Waals surface area contributed by atoms with E-state index in [9.17, 15) is 4.79 Å². The number of carbonyl (C=O) groups is 1. The van der Waals surface area contributed by atoms with E-state index in [0.29, 0.717) is 16.6 Å². The minimum absolute atomic E-state index is 0.119. The van der Waals surface area contributed by atoms with E-state index in [1.807, 2.05) is 30.3 Å². The molecular formula is C14H13N3O2S. The number of thioether (sulfide) groups is 1. The predicted molar refractivity (Wildman–Crippen MR) is 78.5 cm³/mol. The first kappa shape index (κ1) is 12.9. The molecule has 1 aromatic heterocycles. The molecule has 2 heterocycles. The number of rotatable bonds is 3. The summed E-state index contributed by atoms with van der Waals surface area (Å²) < 4.78 is 5.26. The number of aliphatic imine (C=N–C) groups is 1. The quantitative estimate of drug-likeness (QED) is 0.938. The van der Waals surface area contributed by atoms with Gasteiger partial charge in [-0.3, -0.25) is 9.79 Å². The van der Waals surface area contributed by atoms with Crippen LogP contribution in [0.15, 0.2) is 45.9 Å². The zero-order valence-corrected chi connectivity index (χ0v) is 11.5. The summed E-state index contributed by atoms with van der Waals surface area (Å²) in [6.45, 7) is 0.766. The highest BCUT2D eigenvalue weighted by Crippen LogP contribution is 2.19. The van der Waals surface area contributed by atoms with Crippen molar-refractivity contribution in [1.29, 1.82) is 0 Å². The van der Waals surface area contributed by atoms with Gasteiger partial charge in [-0.25, -0.2) is 0 Å². The standard InChI is InChI=1S/C14H13N3O2S/c18-13(16-14-15-6-7-20-14)9-11-8-12(19-17-11)10-4-2-1-3-5-10/h1-5,8H,6-7,9H2,(H,15,16,18). The molecule has 3 rings (SSSR count). The Hall–Kier alpha value is -2.08. The lowest BCUT2D eigenvalue weighted by molar-refractivity contribution is -0.119. The summed E-state index contributed by atoms with van der Waals surface area (Å²) in [5, 5.41) is 7.39. The fraction of sp³-hybridized carbons (Fsp3) is 0.214. The Morgan fingerprint density at radius 3 is 2.95 bits per heavy atom. The lowest BCUT2D eigenvalue weighted by Crippen LogP contribution is -2.28. The van der Waals surface area contributed by atoms with Crippen molar-refractivity contribution in [2.24, 2.45) is 4.99 Å². The number of hydrogen-bond acceptors (Lipinski definition) is 5. The maximum atomic E-state index is 11.8. The summed E-state index contributed by atoms with van der Waals surface area (Å²) in [7, 11) is 0. The van der Waals surface area contributed by atoms with Crippen molar-refractivity contribution in [2.45, 2.75) is 6.42 Å². The predicted octanol–water partition coefficient (Wildman–Crippen LogP) is 2.10. The minimum atomic E-state index is -0.119. The maximum absolute atomic E-state index is 11.8. The summed E-state index contributed by atoms with van der Waals surface area (Å²) in [4.78, 5) is 16.0. The van der Waals surface area contributed by atoms with E-state index in [2.05, 4.69) is 15.5 Å². The van der Waals surface area contributed by atoms with Gasteiger partial charge in [-0.05, 0) is 0 Å². The maximum Gasteiger partial charge on any atom is 0.232 e. The topological polar surface area (TPSA) is 67.5 Å². The molecule has 0 radical (unpaired) electrons. The largest absolute Gasteiger partial charge is 0.356 e. The molecule has 1 amide bonds. The van der Waals surface area contributed by atoms with Crippen LogP contribution in [0.3, 0.4) is 0 Å². The van der Waals surface area contributed by atoms with Gasteiger partial charge in [0.2, 0.25) is 5.91 Å². The molecule has 102 valence electrons. The third-order valence-electron chi connectivity index (χ3n) is 2.79. The Balaban J connectivity index is 1.64. The molecule has 1 N–H and O–H groups in total. The molecule has 0 spiro atoms. The van der Waals surface area contributed by atoms with Crippen LogP contribution < -0.4 is 5.32 Å². The van der Waals surface area contributed by atoms with Gasteiger partial charge >= 0.3 is 0 Å². The second-order valence-electron chi connectivity index (χ2n) is 4.31. The van der Waals surface area contributed by atoms with Crippen molar-refractivity contribution in [3.63, 3.8) is 0 Å². The smallest absolute Gasteiger partial charge is 0.232 e. The summed E-state index contributed by atoms with van der Waals surface area (Å²) in [6, 6.07) is 11.5. The number of amidine groups is 1. The minimum Gasteiger partial charge on any atom is -0.356 e. The number of hydrogen-bond donors (Lipinski definition) is 1. The van der Waals surface area contributed by atoms with Crippen LogP contribution in [0.25, 0.3) is 11.3 Å². The van der Waals surface area contributed by atoms with Gasteiger partial charge in [-0.1, -0.05) is 47.3 Å². The first-order valence-corrected chi connectivity index (χ1v) is 7.28. The van der Waals surface area contributed by atoms with E-state index in [-0.39, 0.29) is 12.3 Å². The van der Waals surface area contributed by atoms with Crippen LogP contribution in [0.2, 0.25) is 0 Å². The highest BCUT2D eigenvalue weighted by atomic mass is 32.2. The second kappa shape index (κ2) is 5.92. The van der Waals surface area contributed by atoms with Crippen molar-refractivity contribution >= 4 is 22.8 Å². The number of nitrogens with zero attached hydrogens (tertiary/aromatic N) is 2. The van der Waals surface area contributed by atoms with Gasteiger partial charge in [0.05, 0.1) is 18.7 Å². The second-order valence-corrected chi connectivity index (χ2v) is 5.39. The van der Waals surface area contributed by atoms with Crippen LogP contribution in [0.4, 0.5) is 0 Å². The average molecular weight is 287 g/mol. The molecule has 6 heteroatoms. The van der Waals surface area contributed by atoms with Crippen LogP contribution in [0.5, 0.6) is 0 Å². The van der Waals surface area contributed by atoms with Crippen molar-refractivity contribution < 1.29 is 9.32 Å². The van der Waals surface area contributed by atoms with Gasteiger partial charge in [0.1, 0.15) is 0 Å². The van der Waals surface area contributed by atoms with Gasteiger partial charge in [-0.2, -0.15) is 0 Å². The zero-order valence-electron chi connectivity index (χ0n) is 10.7. The lowest BCUT2D eigenvalue weighted by Gasteiger charge is -2.00. The molecular weight excluding hydrogens is 274 g/mol. The Morgan fingerprint density at radius 2 is 2.20 bits per heavy atom. The highest BCUT2D eigenvalue weighted by molar-refractivity contribution is 8.14. The Morgan fingerprint density at radius 1 is 1.35 bits per heavy atom. The SMILES string of the molecule is O=C(Cc1cc(-c2ccccc2)on1)NC1=NCCS1. The molecule has 1 aliphatic rings. The van der Waals surface area contributed by atoms with Crippen LogP contribution >= 0.6 is 11.8 Å². The van der Waals surface area contributed by atoms with E-state index in [4.69, 9.17) is 4.52 Å². The fourth-order valence-corrected chi connectivity index (χ4v) is 2.62. The van der Waals surface area contributed by atoms with Crippen LogP contribution in [0.1, 0.15) is 5.69 Å². The van der Waals surface area contributed by atoms with E-state index in [0.717, 1.165) is 17.9 Å². The van der Waals surface area contributed by atoms with Gasteiger partial charge in [0, 0.05) is 17.4 Å². The molecule has 0 saturated heterocycles. The van der Waals surface area contributed by atoms with Gasteiger partial charge in [0.25, 0.3) is 0 Å². The van der Waals surface area contributed by atoms with Crippen molar-refractivity contribution in [1.82, 2.24) is 10.5 Å². The molecule has 0 saturated carbocycles. The van der Waals surface area contributed by atoms with Gasteiger partial charge in [0.15, 0.2) is 10.9 Å². The molecule has 1 aromatic carbocycles. The number of carbonyl (C=O) groups excluding carboxylic acids is 1. The summed E-state index contributed by atoms with van der Waals surface area (Å²) in [6.07, 6.45) is 0.190. The van der Waals surface area contributed by atoms with Crippen LogP contribution in [-0.2, 0) is 11.2 Å². The van der Waals surface area contributed by atoms with Gasteiger partial charge < -0.3 is 9.84 Å². The fourth-order valence-electron chi connectivity index (χ4n) is 1.87. The molecule has 1 aliphatic heterocycles. The molecule has 0 unspecified atom stereocenters. The third-order valence-corrected chi connectivity index (χ3v) is 3.68. The van der Waals surface area contributed by atoms with Crippen molar-refractivity contribution in [3.05, 3.63) is 42.1 Å². The van der Waals surface area contributed by atoms with E-state index >= 15 is 0 Å². The summed E-state index contributed by atoms with van der Waals surface area (Å²) in [5.41, 5.74) is 1.56. The van der Waals surface area contributed by atoms with E-state index < -0.39 is 0 Å². The molecule has 0 fully saturated rings. The monoisotopic (exact) mass is 287 g/mol.